The van der Waals surface area contributed by atoms with Gasteiger partial charge in [0.15, 0.2) is 0 Å². The highest BCUT2D eigenvalue weighted by atomic mass is 28.3. The van der Waals surface area contributed by atoms with Crippen LogP contribution in [0.3, 0.4) is 0 Å². The quantitative estimate of drug-likeness (QED) is 0.553. The molecule has 0 aliphatic rings. The first-order chi connectivity index (χ1) is 6.86. The lowest BCUT2D eigenvalue weighted by Gasteiger charge is -2.21. The zero-order valence-electron chi connectivity index (χ0n) is 10.3. The largest absolute Gasteiger partial charge is 0.298 e. The Labute approximate surface area is 94.1 Å². The third-order valence-corrected chi connectivity index (χ3v) is 4.45. The molecule has 0 saturated heterocycles. The Balaban J connectivity index is 3.28. The lowest BCUT2D eigenvalue weighted by Crippen LogP contribution is -2.28. The van der Waals surface area contributed by atoms with Crippen molar-refractivity contribution in [2.45, 2.75) is 39.3 Å². The maximum absolute atomic E-state index is 10.9. The summed E-state index contributed by atoms with van der Waals surface area (Å²) in [6.45, 7) is 11.1. The van der Waals surface area contributed by atoms with Gasteiger partial charge in [-0.3, -0.25) is 4.79 Å². The molecule has 82 valence electrons. The molecule has 0 amide bonds. The molecule has 0 spiro atoms. The van der Waals surface area contributed by atoms with Crippen molar-refractivity contribution in [1.29, 1.82) is 0 Å². The molecule has 0 saturated carbocycles. The fraction of sp³-hybridized carbons (Fsp3) is 0.462. The molecule has 0 fully saturated rings. The molecule has 1 aromatic rings. The zero-order chi connectivity index (χ0) is 11.6. The summed E-state index contributed by atoms with van der Waals surface area (Å²) < 4.78 is 0. The predicted octanol–water partition coefficient (Wildman–Crippen LogP) is 2.49. The second-order valence-corrected chi connectivity index (χ2v) is 8.30. The van der Waals surface area contributed by atoms with Gasteiger partial charge in [-0.1, -0.05) is 57.3 Å². The molecule has 1 aromatic carbocycles. The van der Waals surface area contributed by atoms with Crippen molar-refractivity contribution >= 4 is 20.3 Å². The second-order valence-electron chi connectivity index (χ2n) is 5.37. The Morgan fingerprint density at radius 1 is 1.20 bits per heavy atom. The van der Waals surface area contributed by atoms with Crippen LogP contribution in [-0.4, -0.2) is 15.1 Å². The van der Waals surface area contributed by atoms with Crippen molar-refractivity contribution in [3.8, 4) is 0 Å². The molecule has 0 radical (unpaired) electrons. The van der Waals surface area contributed by atoms with Crippen molar-refractivity contribution in [3.05, 3.63) is 29.3 Å². The summed E-state index contributed by atoms with van der Waals surface area (Å²) in [6, 6.07) is 6.26. The number of rotatable bonds is 2. The molecule has 0 N–H and O–H groups in total. The van der Waals surface area contributed by atoms with E-state index in [0.29, 0.717) is 0 Å². The molecule has 0 aromatic heterocycles. The average molecular weight is 220 g/mol. The minimum Gasteiger partial charge on any atom is -0.298 e. The molecule has 1 nitrogen and oxygen atoms in total. The molecular weight excluding hydrogens is 200 g/mol. The number of carbonyl (C=O) groups is 1. The Bertz CT molecular complexity index is 361. The van der Waals surface area contributed by atoms with E-state index in [4.69, 9.17) is 0 Å². The summed E-state index contributed by atoms with van der Waals surface area (Å²) in [5.74, 6) is 0. The van der Waals surface area contributed by atoms with Crippen LogP contribution in [0.1, 0.15) is 36.7 Å². The maximum atomic E-state index is 10.9. The number of aldehydes is 1. The van der Waals surface area contributed by atoms with Crippen molar-refractivity contribution in [1.82, 2.24) is 0 Å². The highest BCUT2D eigenvalue weighted by Gasteiger charge is 2.16. The maximum Gasteiger partial charge on any atom is 0.149 e. The van der Waals surface area contributed by atoms with E-state index in [1.165, 1.54) is 10.8 Å². The summed E-state index contributed by atoms with van der Waals surface area (Å²) in [5.41, 5.74) is 2.37. The van der Waals surface area contributed by atoms with Crippen molar-refractivity contribution in [2.24, 2.45) is 0 Å². The van der Waals surface area contributed by atoms with E-state index in [9.17, 15) is 4.79 Å². The second kappa shape index (κ2) is 4.31. The fourth-order valence-electron chi connectivity index (χ4n) is 1.65. The number of carbonyl (C=O) groups excluding carboxylic acids is 1. The molecular formula is C13H20OSi. The molecule has 1 rings (SSSR count). The van der Waals surface area contributed by atoms with Crippen LogP contribution >= 0.6 is 0 Å². The topological polar surface area (TPSA) is 17.1 Å². The van der Waals surface area contributed by atoms with Gasteiger partial charge in [-0.2, -0.15) is 0 Å². The molecule has 0 aliphatic carbocycles. The SMILES string of the molecule is C[SiH](C)c1cc(C(C)(C)C)ccc1C=O. The van der Waals surface area contributed by atoms with Crippen LogP contribution < -0.4 is 5.19 Å². The molecule has 0 unspecified atom stereocenters. The first-order valence-corrected chi connectivity index (χ1v) is 8.34. The third kappa shape index (κ3) is 2.78. The smallest absolute Gasteiger partial charge is 0.149 e. The summed E-state index contributed by atoms with van der Waals surface area (Å²) in [5, 5.41) is 1.29. The van der Waals surface area contributed by atoms with Crippen LogP contribution in [0.5, 0.6) is 0 Å². The molecule has 2 heteroatoms. The minimum atomic E-state index is -0.917. The van der Waals surface area contributed by atoms with Gasteiger partial charge in [0.05, 0.1) is 8.80 Å². The Morgan fingerprint density at radius 3 is 2.20 bits per heavy atom. The number of hydrogen-bond acceptors (Lipinski definition) is 1. The fourth-order valence-corrected chi connectivity index (χ4v) is 2.99. The Kier molecular flexibility index (Phi) is 3.50. The zero-order valence-corrected chi connectivity index (χ0v) is 11.4. The van der Waals surface area contributed by atoms with Gasteiger partial charge in [0.25, 0.3) is 0 Å². The highest BCUT2D eigenvalue weighted by molar-refractivity contribution is 6.71. The average Bonchev–Trinajstić information content (AvgIpc) is 2.15. The van der Waals surface area contributed by atoms with Crippen LogP contribution in [0.4, 0.5) is 0 Å². The Morgan fingerprint density at radius 2 is 1.80 bits per heavy atom. The van der Waals surface area contributed by atoms with Gasteiger partial charge in [-0.05, 0) is 11.0 Å². The van der Waals surface area contributed by atoms with Gasteiger partial charge >= 0.3 is 0 Å². The molecule has 0 heterocycles. The monoisotopic (exact) mass is 220 g/mol. The first-order valence-electron chi connectivity index (χ1n) is 5.46. The van der Waals surface area contributed by atoms with Crippen molar-refractivity contribution in [2.75, 3.05) is 0 Å². The van der Waals surface area contributed by atoms with Gasteiger partial charge in [-0.25, -0.2) is 0 Å². The van der Waals surface area contributed by atoms with E-state index < -0.39 is 8.80 Å². The molecule has 0 atom stereocenters. The van der Waals surface area contributed by atoms with Crippen LogP contribution in [0.15, 0.2) is 18.2 Å². The lowest BCUT2D eigenvalue weighted by atomic mass is 9.87. The van der Waals surface area contributed by atoms with Gasteiger partial charge in [0, 0.05) is 5.56 Å². The number of benzene rings is 1. The van der Waals surface area contributed by atoms with E-state index in [2.05, 4.69) is 46.0 Å². The van der Waals surface area contributed by atoms with E-state index in [1.807, 2.05) is 6.07 Å². The summed E-state index contributed by atoms with van der Waals surface area (Å²) in [6.07, 6.45) is 0.981. The van der Waals surface area contributed by atoms with Crippen LogP contribution in [0, 0.1) is 0 Å². The minimum absolute atomic E-state index is 0.166. The Hall–Kier alpha value is -0.893. The normalized spacial score (nSPS) is 11.9. The molecule has 15 heavy (non-hydrogen) atoms. The standard InChI is InChI=1S/C13H20OSi/c1-13(2,3)11-7-6-10(9-14)12(8-11)15(4)5/h6-9,15H,1-5H3. The number of hydrogen-bond donors (Lipinski definition) is 0. The van der Waals surface area contributed by atoms with E-state index in [0.717, 1.165) is 11.8 Å². The summed E-state index contributed by atoms with van der Waals surface area (Å²) >= 11 is 0. The lowest BCUT2D eigenvalue weighted by molar-refractivity contribution is 0.112. The van der Waals surface area contributed by atoms with Crippen molar-refractivity contribution in [3.63, 3.8) is 0 Å². The summed E-state index contributed by atoms with van der Waals surface area (Å²) in [7, 11) is -0.917. The highest BCUT2D eigenvalue weighted by Crippen LogP contribution is 2.21. The van der Waals surface area contributed by atoms with Crippen molar-refractivity contribution < 1.29 is 4.79 Å². The first kappa shape index (κ1) is 12.2. The predicted molar refractivity (Wildman–Crippen MR) is 69.0 cm³/mol. The summed E-state index contributed by atoms with van der Waals surface area (Å²) in [4.78, 5) is 10.9. The van der Waals surface area contributed by atoms with E-state index in [1.54, 1.807) is 0 Å². The van der Waals surface area contributed by atoms with Gasteiger partial charge in [0.2, 0.25) is 0 Å². The van der Waals surface area contributed by atoms with Crippen LogP contribution in [-0.2, 0) is 5.41 Å². The van der Waals surface area contributed by atoms with E-state index >= 15 is 0 Å². The molecule has 0 bridgehead atoms. The van der Waals surface area contributed by atoms with Crippen LogP contribution in [0.25, 0.3) is 0 Å². The van der Waals surface area contributed by atoms with Crippen LogP contribution in [0.2, 0.25) is 13.1 Å². The third-order valence-electron chi connectivity index (χ3n) is 2.70. The van der Waals surface area contributed by atoms with Gasteiger partial charge < -0.3 is 0 Å². The molecule has 0 aliphatic heterocycles. The van der Waals surface area contributed by atoms with Gasteiger partial charge in [0.1, 0.15) is 6.29 Å². The van der Waals surface area contributed by atoms with Gasteiger partial charge in [-0.15, -0.1) is 0 Å². The van der Waals surface area contributed by atoms with E-state index in [-0.39, 0.29) is 5.41 Å².